The zero-order valence-electron chi connectivity index (χ0n) is 12.5. The molecule has 3 heteroatoms. The summed E-state index contributed by atoms with van der Waals surface area (Å²) in [7, 11) is 0. The summed E-state index contributed by atoms with van der Waals surface area (Å²) < 4.78 is 1.91. The second-order valence-electron chi connectivity index (χ2n) is 6.66. The van der Waals surface area contributed by atoms with Gasteiger partial charge in [-0.3, -0.25) is 4.68 Å². The molecule has 2 unspecified atom stereocenters. The van der Waals surface area contributed by atoms with E-state index >= 15 is 0 Å². The lowest BCUT2D eigenvalue weighted by Crippen LogP contribution is -2.13. The van der Waals surface area contributed by atoms with Crippen LogP contribution in [0.3, 0.4) is 0 Å². The van der Waals surface area contributed by atoms with Crippen molar-refractivity contribution in [3.05, 3.63) is 18.0 Å². The van der Waals surface area contributed by atoms with E-state index in [1.165, 1.54) is 0 Å². The van der Waals surface area contributed by atoms with Crippen LogP contribution in [0, 0.1) is 11.3 Å². The number of hydrogen-bond donors (Lipinski definition) is 1. The Morgan fingerprint density at radius 2 is 2.06 bits per heavy atom. The van der Waals surface area contributed by atoms with Gasteiger partial charge in [-0.2, -0.15) is 5.10 Å². The molecule has 0 saturated heterocycles. The summed E-state index contributed by atoms with van der Waals surface area (Å²) in [5.74, 6) is 0.523. The summed E-state index contributed by atoms with van der Waals surface area (Å²) in [6, 6.07) is 0. The van der Waals surface area contributed by atoms with Gasteiger partial charge in [0.25, 0.3) is 0 Å². The summed E-state index contributed by atoms with van der Waals surface area (Å²) in [5.41, 5.74) is 1.27. The lowest BCUT2D eigenvalue weighted by atomic mass is 9.83. The minimum atomic E-state index is -0.382. The van der Waals surface area contributed by atoms with Crippen LogP contribution in [0.25, 0.3) is 0 Å². The maximum atomic E-state index is 10.2. The quantitative estimate of drug-likeness (QED) is 0.836. The average molecular weight is 252 g/mol. The molecular weight excluding hydrogens is 224 g/mol. The van der Waals surface area contributed by atoms with Gasteiger partial charge in [-0.25, -0.2) is 0 Å². The van der Waals surface area contributed by atoms with Crippen LogP contribution < -0.4 is 0 Å². The third kappa shape index (κ3) is 5.21. The Balaban J connectivity index is 2.50. The van der Waals surface area contributed by atoms with E-state index in [1.54, 1.807) is 6.20 Å². The molecule has 0 spiro atoms. The number of aromatic nitrogens is 2. The Morgan fingerprint density at radius 3 is 2.61 bits per heavy atom. The smallest absolute Gasteiger partial charge is 0.0823 e. The van der Waals surface area contributed by atoms with Crippen LogP contribution in [0.4, 0.5) is 0 Å². The zero-order valence-corrected chi connectivity index (χ0v) is 12.5. The third-order valence-electron chi connectivity index (χ3n) is 3.08. The molecular formula is C15H28N2O. The summed E-state index contributed by atoms with van der Waals surface area (Å²) in [4.78, 5) is 0. The highest BCUT2D eigenvalue weighted by molar-refractivity contribution is 5.07. The van der Waals surface area contributed by atoms with Crippen LogP contribution >= 0.6 is 0 Å². The van der Waals surface area contributed by atoms with Crippen LogP contribution in [0.15, 0.2) is 12.4 Å². The fraction of sp³-hybridized carbons (Fsp3) is 0.800. The Hall–Kier alpha value is -0.830. The summed E-state index contributed by atoms with van der Waals surface area (Å²) >= 11 is 0. The largest absolute Gasteiger partial charge is 0.388 e. The lowest BCUT2D eigenvalue weighted by molar-refractivity contribution is 0.134. The normalized spacial score (nSPS) is 15.7. The van der Waals surface area contributed by atoms with Crippen molar-refractivity contribution in [2.45, 2.75) is 66.5 Å². The van der Waals surface area contributed by atoms with Gasteiger partial charge in [-0.05, 0) is 30.6 Å². The molecule has 0 aliphatic heterocycles. The fourth-order valence-electron chi connectivity index (χ4n) is 2.55. The Labute approximate surface area is 111 Å². The minimum Gasteiger partial charge on any atom is -0.388 e. The zero-order chi connectivity index (χ0) is 13.8. The van der Waals surface area contributed by atoms with Crippen LogP contribution in [-0.2, 0) is 6.54 Å². The van der Waals surface area contributed by atoms with Crippen molar-refractivity contribution in [2.75, 3.05) is 0 Å². The first kappa shape index (κ1) is 15.2. The predicted octanol–water partition coefficient (Wildman–Crippen LogP) is 3.79. The van der Waals surface area contributed by atoms with E-state index < -0.39 is 0 Å². The highest BCUT2D eigenvalue weighted by Crippen LogP contribution is 2.30. The standard InChI is InChI=1S/C15H28N2O/c1-6-7-17-11-13(10-16-17)14(18)8-12(2)9-15(3,4)5/h10-12,14,18H,6-9H2,1-5H3. The molecule has 0 bridgehead atoms. The molecule has 1 aromatic heterocycles. The van der Waals surface area contributed by atoms with E-state index in [4.69, 9.17) is 0 Å². The van der Waals surface area contributed by atoms with Crippen LogP contribution in [0.2, 0.25) is 0 Å². The summed E-state index contributed by atoms with van der Waals surface area (Å²) in [6.07, 6.45) is 6.40. The first-order valence-electron chi connectivity index (χ1n) is 7.02. The minimum absolute atomic E-state index is 0.325. The van der Waals surface area contributed by atoms with Gasteiger partial charge in [0, 0.05) is 18.3 Å². The highest BCUT2D eigenvalue weighted by Gasteiger charge is 2.19. The van der Waals surface area contributed by atoms with E-state index in [0.29, 0.717) is 11.3 Å². The van der Waals surface area contributed by atoms with Crippen LogP contribution in [-0.4, -0.2) is 14.9 Å². The van der Waals surface area contributed by atoms with E-state index in [9.17, 15) is 5.11 Å². The molecule has 18 heavy (non-hydrogen) atoms. The van der Waals surface area contributed by atoms with Crippen molar-refractivity contribution in [2.24, 2.45) is 11.3 Å². The molecule has 0 amide bonds. The molecule has 1 rings (SSSR count). The van der Waals surface area contributed by atoms with Gasteiger partial charge >= 0.3 is 0 Å². The molecule has 0 fully saturated rings. The van der Waals surface area contributed by atoms with Gasteiger partial charge in [0.05, 0.1) is 12.3 Å². The second-order valence-corrected chi connectivity index (χ2v) is 6.66. The van der Waals surface area contributed by atoms with Crippen molar-refractivity contribution in [1.82, 2.24) is 9.78 Å². The van der Waals surface area contributed by atoms with E-state index in [0.717, 1.165) is 31.4 Å². The third-order valence-corrected chi connectivity index (χ3v) is 3.08. The summed E-state index contributed by atoms with van der Waals surface area (Å²) in [6.45, 7) is 12.0. The fourth-order valence-corrected chi connectivity index (χ4v) is 2.55. The van der Waals surface area contributed by atoms with Gasteiger partial charge in [0.15, 0.2) is 0 Å². The molecule has 2 atom stereocenters. The number of rotatable bonds is 6. The first-order valence-corrected chi connectivity index (χ1v) is 7.02. The number of hydrogen-bond acceptors (Lipinski definition) is 2. The Bertz CT molecular complexity index is 352. The van der Waals surface area contributed by atoms with Gasteiger partial charge in [-0.15, -0.1) is 0 Å². The topological polar surface area (TPSA) is 38.0 Å². The van der Waals surface area contributed by atoms with Crippen molar-refractivity contribution < 1.29 is 5.11 Å². The average Bonchev–Trinajstić information content (AvgIpc) is 2.63. The number of aliphatic hydroxyl groups is 1. The van der Waals surface area contributed by atoms with Crippen molar-refractivity contribution in [3.63, 3.8) is 0 Å². The van der Waals surface area contributed by atoms with Crippen LogP contribution in [0.1, 0.15) is 65.5 Å². The molecule has 104 valence electrons. The van der Waals surface area contributed by atoms with Gasteiger partial charge < -0.3 is 5.11 Å². The van der Waals surface area contributed by atoms with Crippen molar-refractivity contribution >= 4 is 0 Å². The highest BCUT2D eigenvalue weighted by atomic mass is 16.3. The van der Waals surface area contributed by atoms with Crippen molar-refractivity contribution in [1.29, 1.82) is 0 Å². The number of aryl methyl sites for hydroxylation is 1. The molecule has 0 aromatic carbocycles. The summed E-state index contributed by atoms with van der Waals surface area (Å²) in [5, 5.41) is 14.5. The first-order chi connectivity index (χ1) is 8.31. The molecule has 0 radical (unpaired) electrons. The van der Waals surface area contributed by atoms with Crippen LogP contribution in [0.5, 0.6) is 0 Å². The maximum Gasteiger partial charge on any atom is 0.0823 e. The SMILES string of the molecule is CCCn1cc(C(O)CC(C)CC(C)(C)C)cn1. The van der Waals surface area contributed by atoms with E-state index in [2.05, 4.69) is 39.7 Å². The van der Waals surface area contributed by atoms with Gasteiger partial charge in [-0.1, -0.05) is 34.6 Å². The van der Waals surface area contributed by atoms with Gasteiger partial charge in [0.1, 0.15) is 0 Å². The molecule has 0 aliphatic rings. The maximum absolute atomic E-state index is 10.2. The second kappa shape index (κ2) is 6.37. The Morgan fingerprint density at radius 1 is 1.39 bits per heavy atom. The molecule has 1 N–H and O–H groups in total. The van der Waals surface area contributed by atoms with E-state index in [1.807, 2.05) is 10.9 Å². The monoisotopic (exact) mass is 252 g/mol. The lowest BCUT2D eigenvalue weighted by Gasteiger charge is -2.24. The molecule has 1 aromatic rings. The molecule has 3 nitrogen and oxygen atoms in total. The molecule has 0 aliphatic carbocycles. The predicted molar refractivity (Wildman–Crippen MR) is 75.3 cm³/mol. The molecule has 1 heterocycles. The number of nitrogens with zero attached hydrogens (tertiary/aromatic N) is 2. The van der Waals surface area contributed by atoms with Gasteiger partial charge in [0.2, 0.25) is 0 Å². The Kier molecular flexibility index (Phi) is 5.39. The molecule has 0 saturated carbocycles. The van der Waals surface area contributed by atoms with Crippen molar-refractivity contribution in [3.8, 4) is 0 Å². The number of aliphatic hydroxyl groups excluding tert-OH is 1. The van der Waals surface area contributed by atoms with E-state index in [-0.39, 0.29) is 6.10 Å².